The van der Waals surface area contributed by atoms with E-state index in [1.165, 1.54) is 0 Å². The first-order valence-electron chi connectivity index (χ1n) is 8.66. The van der Waals surface area contributed by atoms with Gasteiger partial charge in [0.2, 0.25) is 0 Å². The summed E-state index contributed by atoms with van der Waals surface area (Å²) in [5, 5.41) is 0. The zero-order chi connectivity index (χ0) is 17.5. The summed E-state index contributed by atoms with van der Waals surface area (Å²) in [6.07, 6.45) is 0. The summed E-state index contributed by atoms with van der Waals surface area (Å²) in [7, 11) is -1.67. The highest BCUT2D eigenvalue weighted by Gasteiger charge is 2.33. The quantitative estimate of drug-likeness (QED) is 0.466. The van der Waals surface area contributed by atoms with Gasteiger partial charge in [-0.1, -0.05) is 91.0 Å². The number of rotatable bonds is 6. The predicted molar refractivity (Wildman–Crippen MR) is 105 cm³/mol. The van der Waals surface area contributed by atoms with Gasteiger partial charge >= 0.3 is 0 Å². The standard InChI is InChI=1S/C9H21OP.C9H21P/c1-7(2)11(10,8(3)4)9(5)6;1-7(2)10(8(3)4)9(5)6/h7-9H,1-6H3;7-9H,1-6H3. The molecule has 0 fully saturated rings. The van der Waals surface area contributed by atoms with Crippen LogP contribution in [-0.2, 0) is 4.57 Å². The van der Waals surface area contributed by atoms with E-state index in [4.69, 9.17) is 0 Å². The second-order valence-electron chi connectivity index (χ2n) is 7.77. The van der Waals surface area contributed by atoms with Crippen molar-refractivity contribution in [3.63, 3.8) is 0 Å². The van der Waals surface area contributed by atoms with Crippen LogP contribution < -0.4 is 0 Å². The number of hydrogen-bond donors (Lipinski definition) is 0. The second-order valence-corrected chi connectivity index (χ2v) is 16.4. The molecule has 130 valence electrons. The van der Waals surface area contributed by atoms with E-state index >= 15 is 0 Å². The molecule has 0 aromatic rings. The molecule has 0 amide bonds. The lowest BCUT2D eigenvalue weighted by Gasteiger charge is -2.29. The summed E-state index contributed by atoms with van der Waals surface area (Å²) in [5.41, 5.74) is 3.70. The molecule has 0 N–H and O–H groups in total. The molecule has 21 heavy (non-hydrogen) atoms. The molecule has 0 aliphatic carbocycles. The van der Waals surface area contributed by atoms with Crippen molar-refractivity contribution >= 4 is 15.1 Å². The first-order valence-corrected chi connectivity index (χ1v) is 12.1. The Morgan fingerprint density at radius 2 is 0.714 bits per heavy atom. The lowest BCUT2D eigenvalue weighted by atomic mass is 10.5. The van der Waals surface area contributed by atoms with Gasteiger partial charge in [-0.05, 0) is 17.0 Å². The molecule has 0 aromatic carbocycles. The minimum atomic E-state index is -1.94. The molecular weight excluding hydrogens is 294 g/mol. The molecule has 0 spiro atoms. The third-order valence-corrected chi connectivity index (χ3v) is 12.6. The van der Waals surface area contributed by atoms with Crippen LogP contribution >= 0.6 is 15.1 Å². The minimum absolute atomic E-state index is 0.262. The molecular formula is C18H42OP2. The van der Waals surface area contributed by atoms with Gasteiger partial charge in [-0.25, -0.2) is 0 Å². The van der Waals surface area contributed by atoms with Crippen LogP contribution in [0.1, 0.15) is 83.1 Å². The fourth-order valence-corrected chi connectivity index (χ4v) is 10.7. The summed E-state index contributed by atoms with van der Waals surface area (Å²) in [5.74, 6) is 0. The van der Waals surface area contributed by atoms with Crippen molar-refractivity contribution in [3.05, 3.63) is 0 Å². The molecule has 0 heterocycles. The lowest BCUT2D eigenvalue weighted by molar-refractivity contribution is 0.554. The van der Waals surface area contributed by atoms with E-state index in [-0.39, 0.29) is 7.92 Å². The van der Waals surface area contributed by atoms with Crippen molar-refractivity contribution in [2.24, 2.45) is 0 Å². The Balaban J connectivity index is 0. The average molecular weight is 336 g/mol. The van der Waals surface area contributed by atoms with Crippen molar-refractivity contribution in [2.45, 2.75) is 117 Å². The Morgan fingerprint density at radius 3 is 0.714 bits per heavy atom. The molecule has 0 saturated carbocycles. The first kappa shape index (κ1) is 23.9. The van der Waals surface area contributed by atoms with Crippen LogP contribution in [0.3, 0.4) is 0 Å². The van der Waals surface area contributed by atoms with Gasteiger partial charge < -0.3 is 4.57 Å². The van der Waals surface area contributed by atoms with Crippen LogP contribution in [0.5, 0.6) is 0 Å². The fourth-order valence-electron chi connectivity index (χ4n) is 3.58. The van der Waals surface area contributed by atoms with Gasteiger partial charge in [0.1, 0.15) is 0 Å². The molecule has 0 atom stereocenters. The van der Waals surface area contributed by atoms with Gasteiger partial charge in [0.25, 0.3) is 0 Å². The zero-order valence-electron chi connectivity index (χ0n) is 16.8. The SMILES string of the molecule is CC(C)P(=O)(C(C)C)C(C)C.CC(C)P(C(C)C)C(C)C. The Hall–Kier alpha value is 0.660. The summed E-state index contributed by atoms with van der Waals surface area (Å²) >= 11 is 0. The van der Waals surface area contributed by atoms with Gasteiger partial charge in [0.05, 0.1) is 7.14 Å². The van der Waals surface area contributed by atoms with Crippen molar-refractivity contribution < 1.29 is 4.57 Å². The van der Waals surface area contributed by atoms with Gasteiger partial charge in [-0.3, -0.25) is 0 Å². The van der Waals surface area contributed by atoms with Gasteiger partial charge in [0, 0.05) is 17.0 Å². The first-order chi connectivity index (χ1) is 9.29. The van der Waals surface area contributed by atoms with Crippen LogP contribution in [0.15, 0.2) is 0 Å². The average Bonchev–Trinajstić information content (AvgIpc) is 2.25. The van der Waals surface area contributed by atoms with E-state index in [1.54, 1.807) is 0 Å². The molecule has 0 aliphatic rings. The topological polar surface area (TPSA) is 17.1 Å². The molecule has 3 heteroatoms. The summed E-state index contributed by atoms with van der Waals surface area (Å²) in [4.78, 5) is 0. The fraction of sp³-hybridized carbons (Fsp3) is 1.00. The van der Waals surface area contributed by atoms with Crippen LogP contribution in [0.25, 0.3) is 0 Å². The maximum Gasteiger partial charge on any atom is 0.0948 e. The van der Waals surface area contributed by atoms with Crippen LogP contribution in [-0.4, -0.2) is 34.0 Å². The van der Waals surface area contributed by atoms with Gasteiger partial charge in [0.15, 0.2) is 0 Å². The lowest BCUT2D eigenvalue weighted by Crippen LogP contribution is -2.16. The molecule has 0 saturated heterocycles. The molecule has 0 rings (SSSR count). The summed E-state index contributed by atoms with van der Waals surface area (Å²) in [6.45, 7) is 26.5. The largest absolute Gasteiger partial charge is 0.323 e. The molecule has 0 radical (unpaired) electrons. The van der Waals surface area contributed by atoms with Crippen LogP contribution in [0.4, 0.5) is 0 Å². The highest BCUT2D eigenvalue weighted by atomic mass is 31.2. The normalized spacial score (nSPS) is 13.1. The van der Waals surface area contributed by atoms with Crippen molar-refractivity contribution in [2.75, 3.05) is 0 Å². The Kier molecular flexibility index (Phi) is 11.9. The molecule has 0 unspecified atom stereocenters. The van der Waals surface area contributed by atoms with E-state index < -0.39 is 7.14 Å². The molecule has 1 nitrogen and oxygen atoms in total. The van der Waals surface area contributed by atoms with Crippen LogP contribution in [0.2, 0.25) is 0 Å². The van der Waals surface area contributed by atoms with Gasteiger partial charge in [-0.15, -0.1) is 0 Å². The van der Waals surface area contributed by atoms with Crippen LogP contribution in [0, 0.1) is 0 Å². The Morgan fingerprint density at radius 1 is 0.524 bits per heavy atom. The number of hydrogen-bond acceptors (Lipinski definition) is 1. The minimum Gasteiger partial charge on any atom is -0.323 e. The Labute approximate surface area is 137 Å². The van der Waals surface area contributed by atoms with Crippen molar-refractivity contribution in [1.82, 2.24) is 0 Å². The molecule has 0 aromatic heterocycles. The van der Waals surface area contributed by atoms with E-state index in [9.17, 15) is 4.57 Å². The zero-order valence-corrected chi connectivity index (χ0v) is 18.6. The van der Waals surface area contributed by atoms with E-state index in [1.807, 2.05) is 0 Å². The smallest absolute Gasteiger partial charge is 0.0948 e. The second kappa shape index (κ2) is 10.4. The Bertz CT molecular complexity index is 257. The third kappa shape index (κ3) is 7.65. The van der Waals surface area contributed by atoms with Gasteiger partial charge in [-0.2, -0.15) is 0 Å². The predicted octanol–water partition coefficient (Wildman–Crippen LogP) is 7.27. The highest BCUT2D eigenvalue weighted by molar-refractivity contribution is 7.65. The van der Waals surface area contributed by atoms with E-state index in [0.29, 0.717) is 17.0 Å². The monoisotopic (exact) mass is 336 g/mol. The molecule has 0 aliphatic heterocycles. The van der Waals surface area contributed by atoms with Crippen molar-refractivity contribution in [3.8, 4) is 0 Å². The van der Waals surface area contributed by atoms with E-state index in [2.05, 4.69) is 83.1 Å². The summed E-state index contributed by atoms with van der Waals surface area (Å²) in [6, 6.07) is 0. The third-order valence-electron chi connectivity index (χ3n) is 4.21. The maximum atomic E-state index is 12.3. The maximum absolute atomic E-state index is 12.3. The van der Waals surface area contributed by atoms with Crippen molar-refractivity contribution in [1.29, 1.82) is 0 Å². The molecule has 0 bridgehead atoms. The van der Waals surface area contributed by atoms with E-state index in [0.717, 1.165) is 17.0 Å². The highest BCUT2D eigenvalue weighted by Crippen LogP contribution is 2.58. The summed E-state index contributed by atoms with van der Waals surface area (Å²) < 4.78 is 12.3.